The first-order valence-electron chi connectivity index (χ1n) is 6.56. The number of nitrogens with zero attached hydrogens (tertiary/aromatic N) is 1. The lowest BCUT2D eigenvalue weighted by Gasteiger charge is -2.09. The quantitative estimate of drug-likeness (QED) is 0.649. The Morgan fingerprint density at radius 2 is 1.76 bits per heavy atom. The monoisotopic (exact) mass is 310 g/mol. The zero-order chi connectivity index (χ0) is 17.1. The number of aliphatic hydroxyl groups is 1. The Morgan fingerprint density at radius 3 is 2.14 bits per heavy atom. The topological polar surface area (TPSA) is 75.4 Å². The number of rotatable bonds is 4. The summed E-state index contributed by atoms with van der Waals surface area (Å²) in [6, 6.07) is 2.17. The van der Waals surface area contributed by atoms with Gasteiger partial charge in [-0.2, -0.15) is 13.2 Å². The second-order valence-corrected chi connectivity index (χ2v) is 3.14. The van der Waals surface area contributed by atoms with Crippen LogP contribution in [0, 0.1) is 10.1 Å². The predicted molar refractivity (Wildman–Crippen MR) is 76.4 cm³/mol. The van der Waals surface area contributed by atoms with E-state index in [2.05, 4.69) is 5.32 Å². The molecule has 21 heavy (non-hydrogen) atoms. The van der Waals surface area contributed by atoms with Gasteiger partial charge in [-0.25, -0.2) is 0 Å². The van der Waals surface area contributed by atoms with Crippen molar-refractivity contribution in [2.75, 3.05) is 18.5 Å². The average molecular weight is 310 g/mol. The van der Waals surface area contributed by atoms with E-state index in [1.807, 2.05) is 27.7 Å². The van der Waals surface area contributed by atoms with E-state index in [4.69, 9.17) is 5.11 Å². The van der Waals surface area contributed by atoms with Crippen molar-refractivity contribution in [1.82, 2.24) is 0 Å². The molecule has 122 valence electrons. The van der Waals surface area contributed by atoms with E-state index in [0.717, 1.165) is 12.1 Å². The summed E-state index contributed by atoms with van der Waals surface area (Å²) in [6.45, 7) is 7.74. The number of nitrogens with one attached hydrogen (secondary N) is 1. The Balaban J connectivity index is 0. The molecule has 0 saturated carbocycles. The van der Waals surface area contributed by atoms with E-state index >= 15 is 0 Å². The maximum Gasteiger partial charge on any atom is 0.416 e. The lowest BCUT2D eigenvalue weighted by Crippen LogP contribution is -2.10. The first-order chi connectivity index (χ1) is 9.86. The fraction of sp³-hybridized carbons (Fsp3) is 0.538. The van der Waals surface area contributed by atoms with Gasteiger partial charge in [0.25, 0.3) is 5.69 Å². The van der Waals surface area contributed by atoms with E-state index in [1.54, 1.807) is 0 Å². The molecular formula is C13H21F3N2O3. The number of alkyl halides is 3. The Morgan fingerprint density at radius 1 is 1.24 bits per heavy atom. The van der Waals surface area contributed by atoms with E-state index in [1.165, 1.54) is 0 Å². The van der Waals surface area contributed by atoms with Crippen molar-refractivity contribution in [3.63, 3.8) is 0 Å². The van der Waals surface area contributed by atoms with Gasteiger partial charge in [-0.1, -0.05) is 27.7 Å². The van der Waals surface area contributed by atoms with Gasteiger partial charge in [0.2, 0.25) is 0 Å². The summed E-state index contributed by atoms with van der Waals surface area (Å²) < 4.78 is 37.0. The summed E-state index contributed by atoms with van der Waals surface area (Å²) in [7, 11) is 0. The molecule has 0 aliphatic heterocycles. The van der Waals surface area contributed by atoms with Crippen LogP contribution in [0.1, 0.15) is 33.3 Å². The first-order valence-corrected chi connectivity index (χ1v) is 6.56. The van der Waals surface area contributed by atoms with Gasteiger partial charge in [-0.05, 0) is 12.1 Å². The third kappa shape index (κ3) is 7.50. The molecule has 1 aromatic rings. The highest BCUT2D eigenvalue weighted by Gasteiger charge is 2.32. The van der Waals surface area contributed by atoms with Crippen LogP contribution in [0.5, 0.6) is 0 Å². The van der Waals surface area contributed by atoms with Crippen LogP contribution in [0.15, 0.2) is 18.2 Å². The largest absolute Gasteiger partial charge is 0.416 e. The van der Waals surface area contributed by atoms with E-state index in [0.29, 0.717) is 6.07 Å². The smallest absolute Gasteiger partial charge is 0.395 e. The molecule has 0 heterocycles. The van der Waals surface area contributed by atoms with Crippen LogP contribution in [0.4, 0.5) is 24.5 Å². The molecule has 0 aromatic heterocycles. The highest BCUT2D eigenvalue weighted by atomic mass is 19.4. The van der Waals surface area contributed by atoms with Gasteiger partial charge in [-0.3, -0.25) is 10.1 Å². The molecule has 0 aliphatic carbocycles. The summed E-state index contributed by atoms with van der Waals surface area (Å²) in [4.78, 5) is 9.69. The Hall–Kier alpha value is -1.83. The molecule has 1 aromatic carbocycles. The van der Waals surface area contributed by atoms with Crippen molar-refractivity contribution in [1.29, 1.82) is 0 Å². The van der Waals surface area contributed by atoms with Crippen LogP contribution >= 0.6 is 0 Å². The second kappa shape index (κ2) is 10.9. The van der Waals surface area contributed by atoms with Crippen molar-refractivity contribution in [3.05, 3.63) is 33.9 Å². The highest BCUT2D eigenvalue weighted by molar-refractivity contribution is 5.62. The molecule has 0 fully saturated rings. The normalized spacial score (nSPS) is 9.71. The van der Waals surface area contributed by atoms with Crippen molar-refractivity contribution >= 4 is 11.4 Å². The van der Waals surface area contributed by atoms with Crippen LogP contribution < -0.4 is 5.32 Å². The molecule has 0 aliphatic rings. The average Bonchev–Trinajstić information content (AvgIpc) is 2.48. The van der Waals surface area contributed by atoms with E-state index in [-0.39, 0.29) is 18.8 Å². The number of benzene rings is 1. The fourth-order valence-electron chi connectivity index (χ4n) is 1.20. The zero-order valence-corrected chi connectivity index (χ0v) is 12.5. The predicted octanol–water partition coefficient (Wildman–Crippen LogP) is 4.07. The summed E-state index contributed by atoms with van der Waals surface area (Å²) >= 11 is 0. The van der Waals surface area contributed by atoms with Gasteiger partial charge in [0.1, 0.15) is 5.69 Å². The molecule has 2 N–H and O–H groups in total. The molecule has 0 spiro atoms. The van der Waals surface area contributed by atoms with Gasteiger partial charge >= 0.3 is 6.18 Å². The molecule has 0 amide bonds. The maximum absolute atomic E-state index is 12.3. The molecule has 0 atom stereocenters. The summed E-state index contributed by atoms with van der Waals surface area (Å²) in [5.74, 6) is 0. The summed E-state index contributed by atoms with van der Waals surface area (Å²) in [5.41, 5.74) is -1.82. The lowest BCUT2D eigenvalue weighted by molar-refractivity contribution is -0.384. The standard InChI is InChI=1S/C9H9F3N2O3.2C2H6/c10-9(11,12)6-1-2-7(13-3-4-15)8(5-6)14(16)17;2*1-2/h1-2,5,13,15H,3-4H2;2*1-2H3. The minimum Gasteiger partial charge on any atom is -0.395 e. The van der Waals surface area contributed by atoms with E-state index < -0.39 is 22.4 Å². The van der Waals surface area contributed by atoms with Crippen LogP contribution in [0.25, 0.3) is 0 Å². The number of hydrogen-bond donors (Lipinski definition) is 2. The van der Waals surface area contributed by atoms with Crippen molar-refractivity contribution in [2.24, 2.45) is 0 Å². The molecule has 5 nitrogen and oxygen atoms in total. The van der Waals surface area contributed by atoms with Gasteiger partial charge in [0.05, 0.1) is 17.1 Å². The molecule has 8 heteroatoms. The molecule has 0 radical (unpaired) electrons. The Bertz CT molecular complexity index is 424. The lowest BCUT2D eigenvalue weighted by atomic mass is 10.1. The third-order valence-electron chi connectivity index (χ3n) is 1.95. The zero-order valence-electron chi connectivity index (χ0n) is 12.5. The second-order valence-electron chi connectivity index (χ2n) is 3.14. The number of anilines is 1. The van der Waals surface area contributed by atoms with Crippen LogP contribution in [-0.4, -0.2) is 23.2 Å². The third-order valence-corrected chi connectivity index (χ3v) is 1.95. The van der Waals surface area contributed by atoms with Crippen molar-refractivity contribution < 1.29 is 23.2 Å². The Labute approximate surface area is 121 Å². The van der Waals surface area contributed by atoms with Crippen LogP contribution in [-0.2, 0) is 6.18 Å². The Kier molecular flexibility index (Phi) is 11.1. The van der Waals surface area contributed by atoms with E-state index in [9.17, 15) is 23.3 Å². The van der Waals surface area contributed by atoms with Crippen LogP contribution in [0.3, 0.4) is 0 Å². The summed E-state index contributed by atoms with van der Waals surface area (Å²) in [5, 5.41) is 21.6. The number of nitro benzene ring substituents is 1. The van der Waals surface area contributed by atoms with Gasteiger partial charge in [0, 0.05) is 12.6 Å². The molecule has 1 rings (SSSR count). The number of aliphatic hydroxyl groups excluding tert-OH is 1. The molecular weight excluding hydrogens is 289 g/mol. The number of nitro groups is 1. The number of hydrogen-bond acceptors (Lipinski definition) is 4. The van der Waals surface area contributed by atoms with Gasteiger partial charge in [0.15, 0.2) is 0 Å². The molecule has 0 saturated heterocycles. The van der Waals surface area contributed by atoms with Gasteiger partial charge < -0.3 is 10.4 Å². The fourth-order valence-corrected chi connectivity index (χ4v) is 1.20. The van der Waals surface area contributed by atoms with Gasteiger partial charge in [-0.15, -0.1) is 0 Å². The first kappa shape index (κ1) is 21.5. The van der Waals surface area contributed by atoms with Crippen molar-refractivity contribution in [2.45, 2.75) is 33.9 Å². The maximum atomic E-state index is 12.3. The SMILES string of the molecule is CC.CC.O=[N+]([O-])c1cc(C(F)(F)F)ccc1NCCO. The van der Waals surface area contributed by atoms with Crippen LogP contribution in [0.2, 0.25) is 0 Å². The highest BCUT2D eigenvalue weighted by Crippen LogP contribution is 2.34. The summed E-state index contributed by atoms with van der Waals surface area (Å²) in [6.07, 6.45) is -4.62. The minimum atomic E-state index is -4.62. The van der Waals surface area contributed by atoms with Crippen molar-refractivity contribution in [3.8, 4) is 0 Å². The molecule has 0 bridgehead atoms. The molecule has 0 unspecified atom stereocenters. The minimum absolute atomic E-state index is 0.0200. The number of halogens is 3.